The van der Waals surface area contributed by atoms with Crippen LogP contribution in [-0.2, 0) is 11.3 Å². The number of rotatable bonds is 7. The Morgan fingerprint density at radius 3 is 2.50 bits per heavy atom. The van der Waals surface area contributed by atoms with Crippen molar-refractivity contribution in [1.82, 2.24) is 25.3 Å². The Hall–Kier alpha value is -3.32. The molecular weight excluding hydrogens is 328 g/mol. The van der Waals surface area contributed by atoms with Crippen LogP contribution in [0, 0.1) is 0 Å². The van der Waals surface area contributed by atoms with Gasteiger partial charge in [0.05, 0.1) is 19.3 Å². The Balaban J connectivity index is 1.49. The van der Waals surface area contributed by atoms with E-state index in [1.54, 1.807) is 0 Å². The summed E-state index contributed by atoms with van der Waals surface area (Å²) in [7, 11) is 0. The van der Waals surface area contributed by atoms with Gasteiger partial charge < -0.3 is 10.1 Å². The molecule has 2 aromatic heterocycles. The molecule has 0 spiro atoms. The Kier molecular flexibility index (Phi) is 4.79. The van der Waals surface area contributed by atoms with E-state index in [9.17, 15) is 0 Å². The molecule has 0 aliphatic carbocycles. The van der Waals surface area contributed by atoms with Crippen LogP contribution in [0.2, 0.25) is 0 Å². The van der Waals surface area contributed by atoms with Crippen molar-refractivity contribution in [1.29, 1.82) is 0 Å². The average Bonchev–Trinajstić information content (AvgIpc) is 3.16. The molecule has 2 heterocycles. The molecule has 0 bridgehead atoms. The van der Waals surface area contributed by atoms with Crippen molar-refractivity contribution in [3.05, 3.63) is 83.9 Å². The first kappa shape index (κ1) is 16.2. The van der Waals surface area contributed by atoms with Gasteiger partial charge in [0.1, 0.15) is 5.82 Å². The van der Waals surface area contributed by atoms with E-state index in [0.29, 0.717) is 24.7 Å². The van der Waals surface area contributed by atoms with Crippen molar-refractivity contribution in [2.24, 2.45) is 0 Å². The molecule has 0 radical (unpaired) electrons. The molecule has 0 unspecified atom stereocenters. The van der Waals surface area contributed by atoms with Crippen LogP contribution in [0.15, 0.2) is 72.8 Å². The molecule has 0 fully saturated rings. The molecule has 1 N–H and O–H groups in total. The first-order valence-electron chi connectivity index (χ1n) is 8.37. The maximum atomic E-state index is 5.94. The van der Waals surface area contributed by atoms with Crippen LogP contribution >= 0.6 is 0 Å². The molecule has 0 saturated heterocycles. The molecule has 0 aliphatic heterocycles. The van der Waals surface area contributed by atoms with Crippen molar-refractivity contribution in [3.63, 3.8) is 0 Å². The summed E-state index contributed by atoms with van der Waals surface area (Å²) in [6, 6.07) is 23.9. The van der Waals surface area contributed by atoms with E-state index < -0.39 is 0 Å². The van der Waals surface area contributed by atoms with Gasteiger partial charge in [-0.25, -0.2) is 0 Å². The maximum Gasteiger partial charge on any atom is 0.200 e. The lowest BCUT2D eigenvalue weighted by molar-refractivity contribution is 0.112. The zero-order chi connectivity index (χ0) is 17.6. The Bertz CT molecular complexity index is 957. The van der Waals surface area contributed by atoms with Gasteiger partial charge in [-0.05, 0) is 33.7 Å². The minimum Gasteiger partial charge on any atom is -0.374 e. The van der Waals surface area contributed by atoms with Gasteiger partial charge in [0, 0.05) is 0 Å². The SMILES string of the molecule is c1ccc(COC[C@H](Nc2ccc3nnnn3n2)c2ccccc2)cc1. The summed E-state index contributed by atoms with van der Waals surface area (Å²) in [6.45, 7) is 1.07. The second kappa shape index (κ2) is 7.71. The Morgan fingerprint density at radius 1 is 0.923 bits per heavy atom. The van der Waals surface area contributed by atoms with Crippen molar-refractivity contribution in [3.8, 4) is 0 Å². The molecule has 1 atom stereocenters. The minimum atomic E-state index is -0.0404. The van der Waals surface area contributed by atoms with Gasteiger partial charge in [-0.3, -0.25) is 0 Å². The van der Waals surface area contributed by atoms with Gasteiger partial charge in [0.25, 0.3) is 0 Å². The molecule has 7 nitrogen and oxygen atoms in total. The van der Waals surface area contributed by atoms with Crippen molar-refractivity contribution < 1.29 is 4.74 Å². The summed E-state index contributed by atoms with van der Waals surface area (Å²) < 4.78 is 7.34. The summed E-state index contributed by atoms with van der Waals surface area (Å²) in [5.41, 5.74) is 2.87. The highest BCUT2D eigenvalue weighted by Gasteiger charge is 2.13. The first-order valence-corrected chi connectivity index (χ1v) is 8.37. The van der Waals surface area contributed by atoms with Gasteiger partial charge >= 0.3 is 0 Å². The normalized spacial score (nSPS) is 12.2. The quantitative estimate of drug-likeness (QED) is 0.554. The van der Waals surface area contributed by atoms with Crippen molar-refractivity contribution in [2.45, 2.75) is 12.6 Å². The number of hydrogen-bond donors (Lipinski definition) is 1. The third-order valence-corrected chi connectivity index (χ3v) is 3.99. The minimum absolute atomic E-state index is 0.0404. The van der Waals surface area contributed by atoms with E-state index in [-0.39, 0.29) is 6.04 Å². The first-order chi connectivity index (χ1) is 12.9. The van der Waals surface area contributed by atoms with E-state index in [1.807, 2.05) is 48.5 Å². The smallest absolute Gasteiger partial charge is 0.200 e. The number of hydrogen-bond acceptors (Lipinski definition) is 6. The molecule has 130 valence electrons. The van der Waals surface area contributed by atoms with Gasteiger partial charge in [-0.2, -0.15) is 0 Å². The zero-order valence-electron chi connectivity index (χ0n) is 14.1. The summed E-state index contributed by atoms with van der Waals surface area (Å²) in [6.07, 6.45) is 0. The van der Waals surface area contributed by atoms with Gasteiger partial charge in [-0.1, -0.05) is 60.7 Å². The van der Waals surface area contributed by atoms with Gasteiger partial charge in [0.15, 0.2) is 5.65 Å². The third kappa shape index (κ3) is 3.84. The fourth-order valence-corrected chi connectivity index (χ4v) is 2.68. The van der Waals surface area contributed by atoms with Crippen LogP contribution in [0.5, 0.6) is 0 Å². The number of tetrazole rings is 1. The summed E-state index contributed by atoms with van der Waals surface area (Å²) in [5, 5.41) is 19.1. The molecule has 2 aromatic carbocycles. The van der Waals surface area contributed by atoms with E-state index in [1.165, 1.54) is 4.63 Å². The molecule has 0 amide bonds. The molecular formula is C19H18N6O. The fourth-order valence-electron chi connectivity index (χ4n) is 2.68. The Morgan fingerprint density at radius 2 is 1.69 bits per heavy atom. The van der Waals surface area contributed by atoms with Crippen molar-refractivity contribution in [2.75, 3.05) is 11.9 Å². The standard InChI is InChI=1S/C19H18N6O/c1-3-7-15(8-4-1)13-26-14-17(16-9-5-2-6-10-16)20-18-11-12-19-21-23-24-25(19)22-18/h1-12,17H,13-14H2,(H,20,22)/t17-/m0/s1. The van der Waals surface area contributed by atoms with Crippen LogP contribution in [0.4, 0.5) is 5.82 Å². The highest BCUT2D eigenvalue weighted by atomic mass is 16.5. The molecule has 4 rings (SSSR count). The number of anilines is 1. The monoisotopic (exact) mass is 346 g/mol. The number of nitrogens with zero attached hydrogens (tertiary/aromatic N) is 5. The molecule has 0 saturated carbocycles. The number of nitrogens with one attached hydrogen (secondary N) is 1. The topological polar surface area (TPSA) is 77.2 Å². The second-order valence-electron chi connectivity index (χ2n) is 5.85. The number of benzene rings is 2. The lowest BCUT2D eigenvalue weighted by Gasteiger charge is -2.20. The third-order valence-electron chi connectivity index (χ3n) is 3.99. The lowest BCUT2D eigenvalue weighted by atomic mass is 10.1. The van der Waals surface area contributed by atoms with Crippen LogP contribution in [0.3, 0.4) is 0 Å². The second-order valence-corrected chi connectivity index (χ2v) is 5.85. The van der Waals surface area contributed by atoms with E-state index >= 15 is 0 Å². The zero-order valence-corrected chi connectivity index (χ0v) is 14.1. The lowest BCUT2D eigenvalue weighted by Crippen LogP contribution is -2.18. The average molecular weight is 346 g/mol. The van der Waals surface area contributed by atoms with E-state index in [2.05, 4.69) is 50.2 Å². The number of ether oxygens (including phenoxy) is 1. The molecule has 26 heavy (non-hydrogen) atoms. The maximum absolute atomic E-state index is 5.94. The van der Waals surface area contributed by atoms with Gasteiger partial charge in [-0.15, -0.1) is 14.8 Å². The highest BCUT2D eigenvalue weighted by molar-refractivity contribution is 5.44. The number of fused-ring (bicyclic) bond motifs is 1. The van der Waals surface area contributed by atoms with Crippen LogP contribution in [0.25, 0.3) is 5.65 Å². The van der Waals surface area contributed by atoms with E-state index in [0.717, 1.165) is 11.1 Å². The van der Waals surface area contributed by atoms with E-state index in [4.69, 9.17) is 4.74 Å². The van der Waals surface area contributed by atoms with Crippen LogP contribution in [-0.4, -0.2) is 31.9 Å². The largest absolute Gasteiger partial charge is 0.374 e. The summed E-state index contributed by atoms with van der Waals surface area (Å²) >= 11 is 0. The fraction of sp³-hybridized carbons (Fsp3) is 0.158. The summed E-state index contributed by atoms with van der Waals surface area (Å²) in [5.74, 6) is 0.682. The molecule has 7 heteroatoms. The predicted molar refractivity (Wildman–Crippen MR) is 97.5 cm³/mol. The molecule has 0 aliphatic rings. The summed E-state index contributed by atoms with van der Waals surface area (Å²) in [4.78, 5) is 0. The predicted octanol–water partition coefficient (Wildman–Crippen LogP) is 2.89. The molecule has 4 aromatic rings. The van der Waals surface area contributed by atoms with Crippen LogP contribution in [0.1, 0.15) is 17.2 Å². The van der Waals surface area contributed by atoms with Crippen molar-refractivity contribution >= 4 is 11.5 Å². The highest BCUT2D eigenvalue weighted by Crippen LogP contribution is 2.19. The van der Waals surface area contributed by atoms with Crippen LogP contribution < -0.4 is 5.32 Å². The number of aromatic nitrogens is 5. The van der Waals surface area contributed by atoms with Gasteiger partial charge in [0.2, 0.25) is 0 Å². The Labute approximate surface area is 150 Å².